The first-order chi connectivity index (χ1) is 14.0. The van der Waals surface area contributed by atoms with Gasteiger partial charge in [-0.2, -0.15) is 0 Å². The summed E-state index contributed by atoms with van der Waals surface area (Å²) in [6.45, 7) is 0. The van der Waals surface area contributed by atoms with E-state index in [0.717, 1.165) is 27.7 Å². The molecule has 1 N–H and O–H groups in total. The van der Waals surface area contributed by atoms with E-state index >= 15 is 0 Å². The number of hydrogen-bond acceptors (Lipinski definition) is 1. The van der Waals surface area contributed by atoms with Gasteiger partial charge in [-0.1, -0.05) is 48.0 Å². The molecule has 5 rings (SSSR count). The minimum absolute atomic E-state index is 0.147. The van der Waals surface area contributed by atoms with Crippen molar-refractivity contribution in [3.05, 3.63) is 101 Å². The predicted molar refractivity (Wildman–Crippen MR) is 120 cm³/mol. The van der Waals surface area contributed by atoms with Crippen LogP contribution in [0.1, 0.15) is 22.6 Å². The molecular weight excluding hydrogens is 380 g/mol. The molecule has 5 aromatic rings. The van der Waals surface area contributed by atoms with E-state index in [-0.39, 0.29) is 11.7 Å². The van der Waals surface area contributed by atoms with Gasteiger partial charge in [0.2, 0.25) is 0 Å². The molecule has 0 bridgehead atoms. The Morgan fingerprint density at radius 1 is 0.724 bits per heavy atom. The van der Waals surface area contributed by atoms with Crippen molar-refractivity contribution in [3.8, 4) is 5.75 Å². The molecule has 0 spiro atoms. The molecule has 29 heavy (non-hydrogen) atoms. The second-order valence-corrected chi connectivity index (χ2v) is 8.00. The maximum atomic E-state index is 10.8. The summed E-state index contributed by atoms with van der Waals surface area (Å²) in [7, 11) is 4.12. The molecule has 0 saturated heterocycles. The number of phenolic OH excluding ortho intramolecular Hbond substituents is 1. The van der Waals surface area contributed by atoms with E-state index in [1.54, 1.807) is 12.1 Å². The van der Waals surface area contributed by atoms with Crippen molar-refractivity contribution < 1.29 is 5.11 Å². The Kier molecular flexibility index (Phi) is 4.14. The van der Waals surface area contributed by atoms with Crippen LogP contribution < -0.4 is 0 Å². The molecule has 144 valence electrons. The Morgan fingerprint density at radius 2 is 1.24 bits per heavy atom. The molecule has 3 nitrogen and oxygen atoms in total. The molecule has 2 aromatic heterocycles. The van der Waals surface area contributed by atoms with Crippen molar-refractivity contribution in [2.45, 2.75) is 5.92 Å². The zero-order chi connectivity index (χ0) is 20.1. The minimum atomic E-state index is -0.147. The van der Waals surface area contributed by atoms with E-state index in [1.807, 2.05) is 6.07 Å². The molecular formula is C25H21ClN2O. The number of aryl methyl sites for hydroxylation is 2. The number of phenols is 1. The molecule has 4 heteroatoms. The third-order valence-corrected chi connectivity index (χ3v) is 6.01. The Balaban J connectivity index is 1.88. The molecule has 0 radical (unpaired) electrons. The Bertz CT molecular complexity index is 1280. The lowest BCUT2D eigenvalue weighted by Crippen LogP contribution is -2.03. The molecule has 0 aliphatic rings. The average Bonchev–Trinajstić information content (AvgIpc) is 3.23. The number of rotatable bonds is 3. The highest BCUT2D eigenvalue weighted by atomic mass is 35.5. The van der Waals surface area contributed by atoms with E-state index < -0.39 is 0 Å². The van der Waals surface area contributed by atoms with E-state index in [0.29, 0.717) is 5.02 Å². The number of aromatic hydroxyl groups is 1. The number of hydrogen-bond donors (Lipinski definition) is 1. The Morgan fingerprint density at radius 3 is 1.79 bits per heavy atom. The quantitative estimate of drug-likeness (QED) is 0.383. The van der Waals surface area contributed by atoms with Crippen LogP contribution in [-0.4, -0.2) is 14.2 Å². The minimum Gasteiger partial charge on any atom is -0.508 e. The van der Waals surface area contributed by atoms with Gasteiger partial charge in [-0.05, 0) is 41.5 Å². The van der Waals surface area contributed by atoms with E-state index in [1.165, 1.54) is 10.8 Å². The summed E-state index contributed by atoms with van der Waals surface area (Å²) in [6, 6.07) is 22.0. The Hall–Kier alpha value is -3.17. The first-order valence-electron chi connectivity index (χ1n) is 9.61. The summed E-state index contributed by atoms with van der Waals surface area (Å²) in [6.07, 6.45) is 4.33. The lowest BCUT2D eigenvalue weighted by atomic mass is 9.84. The van der Waals surface area contributed by atoms with Crippen molar-refractivity contribution in [2.24, 2.45) is 14.1 Å². The third-order valence-electron chi connectivity index (χ3n) is 5.78. The van der Waals surface area contributed by atoms with Crippen molar-refractivity contribution in [1.82, 2.24) is 9.13 Å². The van der Waals surface area contributed by atoms with Crippen LogP contribution in [-0.2, 0) is 14.1 Å². The highest BCUT2D eigenvalue weighted by Crippen LogP contribution is 2.43. The SMILES string of the molecule is Cn1cc(C(c2cc(Cl)ccc2O)c2cn(C)c3ccccc23)c2ccccc21. The molecule has 0 aliphatic carbocycles. The fraction of sp³-hybridized carbons (Fsp3) is 0.120. The summed E-state index contributed by atoms with van der Waals surface area (Å²) in [5.41, 5.74) is 5.43. The summed E-state index contributed by atoms with van der Waals surface area (Å²) in [4.78, 5) is 0. The third kappa shape index (κ3) is 2.81. The lowest BCUT2D eigenvalue weighted by Gasteiger charge is -2.19. The van der Waals surface area contributed by atoms with Crippen LogP contribution in [0.5, 0.6) is 5.75 Å². The normalized spacial score (nSPS) is 11.7. The number of fused-ring (bicyclic) bond motifs is 2. The van der Waals surface area contributed by atoms with Crippen LogP contribution in [0.2, 0.25) is 5.02 Å². The summed E-state index contributed by atoms with van der Waals surface area (Å²) >= 11 is 6.36. The largest absolute Gasteiger partial charge is 0.508 e. The zero-order valence-electron chi connectivity index (χ0n) is 16.3. The number of benzene rings is 3. The molecule has 0 saturated carbocycles. The standard InChI is InChI=1S/C25H21ClN2O/c1-27-14-20(17-7-3-5-9-22(17)27)25(19-13-16(26)11-12-24(19)29)21-15-28(2)23-10-6-4-8-18(21)23/h3-15,25,29H,1-2H3. The molecule has 0 atom stereocenters. The predicted octanol–water partition coefficient (Wildman–Crippen LogP) is 6.21. The molecule has 0 unspecified atom stereocenters. The summed E-state index contributed by atoms with van der Waals surface area (Å²) in [5.74, 6) is 0.103. The van der Waals surface area contributed by atoms with Crippen LogP contribution >= 0.6 is 11.6 Å². The highest BCUT2D eigenvalue weighted by molar-refractivity contribution is 6.30. The van der Waals surface area contributed by atoms with Crippen molar-refractivity contribution >= 4 is 33.4 Å². The number of aromatic nitrogens is 2. The fourth-order valence-corrected chi connectivity index (χ4v) is 4.65. The van der Waals surface area contributed by atoms with Crippen molar-refractivity contribution in [1.29, 1.82) is 0 Å². The van der Waals surface area contributed by atoms with E-state index in [9.17, 15) is 5.11 Å². The summed E-state index contributed by atoms with van der Waals surface area (Å²) < 4.78 is 4.29. The van der Waals surface area contributed by atoms with E-state index in [4.69, 9.17) is 11.6 Å². The van der Waals surface area contributed by atoms with Crippen LogP contribution in [0.4, 0.5) is 0 Å². The number of nitrogens with zero attached hydrogens (tertiary/aromatic N) is 2. The van der Waals surface area contributed by atoms with Gasteiger partial charge in [0.25, 0.3) is 0 Å². The number of para-hydroxylation sites is 2. The van der Waals surface area contributed by atoms with Crippen LogP contribution in [0, 0.1) is 0 Å². The first-order valence-corrected chi connectivity index (χ1v) is 9.98. The van der Waals surface area contributed by atoms with Gasteiger partial charge in [-0.25, -0.2) is 0 Å². The van der Waals surface area contributed by atoms with Crippen LogP contribution in [0.25, 0.3) is 21.8 Å². The van der Waals surface area contributed by atoms with Crippen LogP contribution in [0.15, 0.2) is 79.1 Å². The first kappa shape index (κ1) is 17.9. The maximum Gasteiger partial charge on any atom is 0.119 e. The zero-order valence-corrected chi connectivity index (χ0v) is 17.1. The van der Waals surface area contributed by atoms with Crippen molar-refractivity contribution in [2.75, 3.05) is 0 Å². The van der Waals surface area contributed by atoms with E-state index in [2.05, 4.69) is 84.2 Å². The van der Waals surface area contributed by atoms with Gasteiger partial charge in [-0.3, -0.25) is 0 Å². The molecule has 3 aromatic carbocycles. The van der Waals surface area contributed by atoms with Gasteiger partial charge in [0.05, 0.1) is 0 Å². The highest BCUT2D eigenvalue weighted by Gasteiger charge is 2.26. The molecule has 0 fully saturated rings. The van der Waals surface area contributed by atoms with Gasteiger partial charge >= 0.3 is 0 Å². The second-order valence-electron chi connectivity index (χ2n) is 7.56. The summed E-state index contributed by atoms with van der Waals surface area (Å²) in [5, 5.41) is 13.8. The average molecular weight is 401 g/mol. The monoisotopic (exact) mass is 400 g/mol. The lowest BCUT2D eigenvalue weighted by molar-refractivity contribution is 0.467. The van der Waals surface area contributed by atoms with Crippen molar-refractivity contribution in [3.63, 3.8) is 0 Å². The molecule has 0 amide bonds. The van der Waals surface area contributed by atoms with Crippen LogP contribution in [0.3, 0.4) is 0 Å². The van der Waals surface area contributed by atoms with Gasteiger partial charge in [0.15, 0.2) is 0 Å². The smallest absolute Gasteiger partial charge is 0.119 e. The van der Waals surface area contributed by atoms with Gasteiger partial charge < -0.3 is 14.2 Å². The fourth-order valence-electron chi connectivity index (χ4n) is 4.47. The van der Waals surface area contributed by atoms with Gasteiger partial charge in [0.1, 0.15) is 5.75 Å². The molecule has 0 aliphatic heterocycles. The second kappa shape index (κ2) is 6.71. The number of halogens is 1. The van der Waals surface area contributed by atoms with Gasteiger partial charge in [-0.15, -0.1) is 0 Å². The Labute approximate surface area is 174 Å². The maximum absolute atomic E-state index is 10.8. The molecule has 2 heterocycles. The topological polar surface area (TPSA) is 30.1 Å². The van der Waals surface area contributed by atoms with Gasteiger partial charge in [0, 0.05) is 64.8 Å².